The zero-order valence-electron chi connectivity index (χ0n) is 14.9. The molecule has 0 unspecified atom stereocenters. The van der Waals surface area contributed by atoms with Gasteiger partial charge in [0.15, 0.2) is 5.75 Å². The number of hydrogen-bond donors (Lipinski definition) is 4. The van der Waals surface area contributed by atoms with Crippen molar-refractivity contribution in [2.45, 2.75) is 13.5 Å². The number of hydrazone groups is 1. The van der Waals surface area contributed by atoms with Gasteiger partial charge in [-0.05, 0) is 19.1 Å². The van der Waals surface area contributed by atoms with Gasteiger partial charge < -0.3 is 10.1 Å². The number of ether oxygens (including phenoxy) is 1. The average Bonchev–Trinajstić information content (AvgIpc) is 3.26. The molecule has 1 aromatic heterocycles. The lowest BCUT2D eigenvalue weighted by Crippen LogP contribution is -2.45. The molecule has 3 rings (SSSR count). The lowest BCUT2D eigenvalue weighted by atomic mass is 10.1. The Bertz CT molecular complexity index is 985. The van der Waals surface area contributed by atoms with Crippen molar-refractivity contribution >= 4 is 46.4 Å². The molecule has 4 N–H and O–H groups in total. The molecule has 0 atom stereocenters. The van der Waals surface area contributed by atoms with Gasteiger partial charge in [0.1, 0.15) is 11.4 Å². The van der Waals surface area contributed by atoms with E-state index in [0.717, 1.165) is 6.07 Å². The van der Waals surface area contributed by atoms with Gasteiger partial charge in [-0.25, -0.2) is 10.5 Å². The molecule has 0 aliphatic carbocycles. The standard InChI is InChI=1S/C15H14ClF2N7O3S/c1-6-19-8(5-29-6)13(27)20-11-9(28-14(17)18)4-3-7(10(11)16)12(26)21-15-22-23-24-25(15)2/h3-5,14,23-24H,1-2H3,(H,20,27)(H,21,22,26). The van der Waals surface area contributed by atoms with Crippen molar-refractivity contribution in [3.8, 4) is 5.75 Å². The number of anilines is 1. The molecule has 29 heavy (non-hydrogen) atoms. The maximum atomic E-state index is 12.8. The summed E-state index contributed by atoms with van der Waals surface area (Å²) in [4.78, 5) is 29.0. The van der Waals surface area contributed by atoms with Crippen LogP contribution in [0.4, 0.5) is 14.5 Å². The molecule has 2 heterocycles. The fraction of sp³-hybridized carbons (Fsp3) is 0.200. The van der Waals surface area contributed by atoms with Crippen LogP contribution in [0.15, 0.2) is 22.6 Å². The van der Waals surface area contributed by atoms with E-state index in [4.69, 9.17) is 11.6 Å². The van der Waals surface area contributed by atoms with E-state index in [1.807, 2.05) is 0 Å². The van der Waals surface area contributed by atoms with Crippen LogP contribution >= 0.6 is 22.9 Å². The van der Waals surface area contributed by atoms with Crippen LogP contribution in [-0.2, 0) is 0 Å². The van der Waals surface area contributed by atoms with Gasteiger partial charge in [-0.2, -0.15) is 8.78 Å². The molecule has 2 amide bonds. The molecule has 0 saturated heterocycles. The molecule has 10 nitrogen and oxygen atoms in total. The van der Waals surface area contributed by atoms with E-state index in [1.54, 1.807) is 14.0 Å². The van der Waals surface area contributed by atoms with Gasteiger partial charge in [0.05, 0.1) is 15.6 Å². The van der Waals surface area contributed by atoms with Crippen LogP contribution in [0.25, 0.3) is 0 Å². The first-order chi connectivity index (χ1) is 13.8. The highest BCUT2D eigenvalue weighted by atomic mass is 35.5. The topological polar surface area (TPSA) is 120 Å². The van der Waals surface area contributed by atoms with Crippen molar-refractivity contribution in [2.75, 3.05) is 12.4 Å². The quantitative estimate of drug-likeness (QED) is 0.555. The van der Waals surface area contributed by atoms with Crippen LogP contribution < -0.4 is 26.4 Å². The first-order valence-electron chi connectivity index (χ1n) is 7.90. The lowest BCUT2D eigenvalue weighted by molar-refractivity contribution is -0.0493. The van der Waals surface area contributed by atoms with Gasteiger partial charge in [0.25, 0.3) is 11.8 Å². The Balaban J connectivity index is 1.92. The summed E-state index contributed by atoms with van der Waals surface area (Å²) in [6.45, 7) is -1.46. The molecule has 0 fully saturated rings. The Morgan fingerprint density at radius 3 is 2.66 bits per heavy atom. The molecular weight excluding hydrogens is 432 g/mol. The molecule has 0 radical (unpaired) electrons. The Morgan fingerprint density at radius 2 is 2.07 bits per heavy atom. The second-order valence-corrected chi connectivity index (χ2v) is 7.00. The minimum absolute atomic E-state index is 0.0699. The fourth-order valence-corrected chi connectivity index (χ4v) is 3.13. The highest BCUT2D eigenvalue weighted by Crippen LogP contribution is 2.36. The third kappa shape index (κ3) is 4.70. The number of nitrogens with one attached hydrogen (secondary N) is 4. The van der Waals surface area contributed by atoms with Gasteiger partial charge in [-0.3, -0.25) is 19.9 Å². The lowest BCUT2D eigenvalue weighted by Gasteiger charge is -2.17. The summed E-state index contributed by atoms with van der Waals surface area (Å²) in [5, 5.41) is 11.9. The van der Waals surface area contributed by atoms with Crippen molar-refractivity contribution in [3.05, 3.63) is 38.8 Å². The summed E-state index contributed by atoms with van der Waals surface area (Å²) in [7, 11) is 1.59. The molecule has 1 aliphatic rings. The van der Waals surface area contributed by atoms with Crippen molar-refractivity contribution in [1.29, 1.82) is 0 Å². The molecule has 1 aromatic carbocycles. The first kappa shape index (κ1) is 20.7. The maximum absolute atomic E-state index is 12.8. The number of aromatic nitrogens is 1. The van der Waals surface area contributed by atoms with Crippen molar-refractivity contribution in [3.63, 3.8) is 0 Å². The van der Waals surface area contributed by atoms with Crippen LogP contribution in [0.5, 0.6) is 5.75 Å². The van der Waals surface area contributed by atoms with Crippen LogP contribution in [0.3, 0.4) is 0 Å². The minimum atomic E-state index is -3.17. The van der Waals surface area contributed by atoms with Gasteiger partial charge >= 0.3 is 6.61 Å². The molecule has 0 bridgehead atoms. The predicted octanol–water partition coefficient (Wildman–Crippen LogP) is 1.91. The molecule has 154 valence electrons. The number of guanidine groups is 1. The summed E-state index contributed by atoms with van der Waals surface area (Å²) in [5.74, 6) is -1.64. The number of hydrazine groups is 2. The molecule has 2 aromatic rings. The normalized spacial score (nSPS) is 13.2. The maximum Gasteiger partial charge on any atom is 0.387 e. The number of hydrogen-bond acceptors (Lipinski definition) is 9. The zero-order valence-corrected chi connectivity index (χ0v) is 16.5. The minimum Gasteiger partial charge on any atom is -0.433 e. The first-order valence-corrected chi connectivity index (χ1v) is 9.16. The Morgan fingerprint density at radius 1 is 1.31 bits per heavy atom. The highest BCUT2D eigenvalue weighted by Gasteiger charge is 2.24. The van der Waals surface area contributed by atoms with Crippen molar-refractivity contribution in [2.24, 2.45) is 5.10 Å². The van der Waals surface area contributed by atoms with Gasteiger partial charge in [-0.15, -0.1) is 22.0 Å². The second-order valence-electron chi connectivity index (χ2n) is 5.56. The molecule has 14 heteroatoms. The van der Waals surface area contributed by atoms with E-state index in [1.165, 1.54) is 27.8 Å². The van der Waals surface area contributed by atoms with Crippen molar-refractivity contribution < 1.29 is 23.1 Å². The number of benzene rings is 1. The number of thiazole rings is 1. The number of halogens is 3. The summed E-state index contributed by atoms with van der Waals surface area (Å²) in [6.07, 6.45) is 0. The van der Waals surface area contributed by atoms with E-state index >= 15 is 0 Å². The van der Waals surface area contributed by atoms with Gasteiger partial charge in [0.2, 0.25) is 5.96 Å². The summed E-state index contributed by atoms with van der Waals surface area (Å²) >= 11 is 7.49. The molecule has 1 aliphatic heterocycles. The summed E-state index contributed by atoms with van der Waals surface area (Å²) < 4.78 is 30.0. The van der Waals surface area contributed by atoms with Crippen LogP contribution in [0.2, 0.25) is 5.02 Å². The Kier molecular flexibility index (Phi) is 6.10. The number of aryl methyl sites for hydroxylation is 1. The monoisotopic (exact) mass is 445 g/mol. The zero-order chi connectivity index (χ0) is 21.1. The average molecular weight is 446 g/mol. The van der Waals surface area contributed by atoms with Crippen LogP contribution in [-0.4, -0.2) is 41.4 Å². The number of amides is 2. The third-order valence-corrected chi connectivity index (χ3v) is 4.74. The number of rotatable bonds is 5. The van der Waals surface area contributed by atoms with E-state index in [2.05, 4.69) is 36.5 Å². The smallest absolute Gasteiger partial charge is 0.387 e. The number of carbonyl (C=O) groups excluding carboxylic acids is 2. The predicted molar refractivity (Wildman–Crippen MR) is 102 cm³/mol. The van der Waals surface area contributed by atoms with Gasteiger partial charge in [0, 0.05) is 12.4 Å². The Hall–Kier alpha value is -3.03. The SMILES string of the molecule is Cc1nc(C(=O)Nc2c(OC(F)F)ccc(C(=O)NC3=NNNN3C)c2Cl)cs1. The van der Waals surface area contributed by atoms with E-state index in [0.29, 0.717) is 5.01 Å². The number of nitrogens with zero attached hydrogens (tertiary/aromatic N) is 3. The highest BCUT2D eigenvalue weighted by molar-refractivity contribution is 7.09. The van der Waals surface area contributed by atoms with E-state index < -0.39 is 24.2 Å². The Labute approximate surface area is 171 Å². The number of carbonyl (C=O) groups is 2. The second kappa shape index (κ2) is 8.55. The largest absolute Gasteiger partial charge is 0.433 e. The van der Waals surface area contributed by atoms with Crippen LogP contribution in [0.1, 0.15) is 25.9 Å². The molecule has 0 spiro atoms. The molecular formula is C15H14ClF2N7O3S. The van der Waals surface area contributed by atoms with E-state index in [9.17, 15) is 18.4 Å². The van der Waals surface area contributed by atoms with E-state index in [-0.39, 0.29) is 27.9 Å². The third-order valence-electron chi connectivity index (χ3n) is 3.58. The number of alkyl halides is 2. The van der Waals surface area contributed by atoms with Gasteiger partial charge in [-0.1, -0.05) is 11.6 Å². The molecule has 0 saturated carbocycles. The summed E-state index contributed by atoms with van der Waals surface area (Å²) in [5.41, 5.74) is 4.72. The van der Waals surface area contributed by atoms with Crippen LogP contribution in [0, 0.1) is 6.92 Å². The van der Waals surface area contributed by atoms with Crippen molar-refractivity contribution in [1.82, 2.24) is 26.4 Å². The fourth-order valence-electron chi connectivity index (χ4n) is 2.25. The summed E-state index contributed by atoms with van der Waals surface area (Å²) in [6, 6.07) is 2.29.